The van der Waals surface area contributed by atoms with E-state index in [1.54, 1.807) is 6.21 Å². The van der Waals surface area contributed by atoms with Crippen molar-refractivity contribution in [1.29, 1.82) is 0 Å². The molecule has 0 aliphatic carbocycles. The molecule has 2 N–H and O–H groups in total. The number of rotatable bonds is 3. The number of benzene rings is 1. The molecule has 6 heteroatoms. The lowest BCUT2D eigenvalue weighted by molar-refractivity contribution is -0.136. The van der Waals surface area contributed by atoms with Gasteiger partial charge in [0.15, 0.2) is 0 Å². The highest BCUT2D eigenvalue weighted by molar-refractivity contribution is 9.10. The van der Waals surface area contributed by atoms with Crippen molar-refractivity contribution in [2.45, 2.75) is 12.8 Å². The average molecular weight is 324 g/mol. The van der Waals surface area contributed by atoms with Gasteiger partial charge < -0.3 is 5.32 Å². The second-order valence-corrected chi connectivity index (χ2v) is 5.19. The number of hydrogen-bond acceptors (Lipinski definition) is 3. The Labute approximate surface area is 119 Å². The van der Waals surface area contributed by atoms with Crippen LogP contribution in [0, 0.1) is 5.92 Å². The summed E-state index contributed by atoms with van der Waals surface area (Å²) in [6.45, 7) is 0.643. The largest absolute Gasteiger partial charge is 0.355 e. The molecule has 19 heavy (non-hydrogen) atoms. The number of hydrogen-bond donors (Lipinski definition) is 2. The third-order valence-electron chi connectivity index (χ3n) is 2.84. The van der Waals surface area contributed by atoms with Gasteiger partial charge in [-0.05, 0) is 30.5 Å². The highest BCUT2D eigenvalue weighted by Gasteiger charge is 2.28. The van der Waals surface area contributed by atoms with Crippen molar-refractivity contribution in [3.05, 3.63) is 34.3 Å². The Morgan fingerprint density at radius 2 is 2.37 bits per heavy atom. The molecular weight excluding hydrogens is 310 g/mol. The van der Waals surface area contributed by atoms with Gasteiger partial charge in [0, 0.05) is 11.0 Å². The normalized spacial score (nSPS) is 19.2. The Bertz CT molecular complexity index is 516. The molecule has 0 aromatic heterocycles. The molecule has 0 saturated carbocycles. The number of amides is 2. The quantitative estimate of drug-likeness (QED) is 0.502. The predicted molar refractivity (Wildman–Crippen MR) is 75.6 cm³/mol. The Hall–Kier alpha value is -1.69. The van der Waals surface area contributed by atoms with Crippen LogP contribution in [0.5, 0.6) is 0 Å². The van der Waals surface area contributed by atoms with E-state index in [1.807, 2.05) is 24.3 Å². The van der Waals surface area contributed by atoms with Crippen molar-refractivity contribution in [3.63, 3.8) is 0 Å². The van der Waals surface area contributed by atoms with Crippen molar-refractivity contribution in [2.75, 3.05) is 6.54 Å². The smallest absolute Gasteiger partial charge is 0.252 e. The van der Waals surface area contributed by atoms with E-state index >= 15 is 0 Å². The van der Waals surface area contributed by atoms with E-state index in [2.05, 4.69) is 31.8 Å². The number of hydrazone groups is 1. The first kappa shape index (κ1) is 13.7. The molecule has 1 aromatic rings. The van der Waals surface area contributed by atoms with Gasteiger partial charge in [-0.3, -0.25) is 9.59 Å². The number of halogens is 1. The van der Waals surface area contributed by atoms with Crippen molar-refractivity contribution >= 4 is 34.0 Å². The highest BCUT2D eigenvalue weighted by atomic mass is 79.9. The van der Waals surface area contributed by atoms with Crippen molar-refractivity contribution in [2.24, 2.45) is 11.0 Å². The van der Waals surface area contributed by atoms with Crippen molar-refractivity contribution in [1.82, 2.24) is 10.7 Å². The van der Waals surface area contributed by atoms with E-state index in [9.17, 15) is 9.59 Å². The summed E-state index contributed by atoms with van der Waals surface area (Å²) < 4.78 is 0.939. The Morgan fingerprint density at radius 1 is 1.53 bits per heavy atom. The van der Waals surface area contributed by atoms with E-state index < -0.39 is 5.92 Å². The molecule has 1 unspecified atom stereocenters. The zero-order chi connectivity index (χ0) is 13.7. The fraction of sp³-hybridized carbons (Fsp3) is 0.308. The molecule has 1 heterocycles. The summed E-state index contributed by atoms with van der Waals surface area (Å²) in [7, 11) is 0. The van der Waals surface area contributed by atoms with Gasteiger partial charge in [-0.1, -0.05) is 28.1 Å². The third kappa shape index (κ3) is 3.89. The Balaban J connectivity index is 1.91. The Kier molecular flexibility index (Phi) is 4.68. The second-order valence-electron chi connectivity index (χ2n) is 4.28. The molecule has 5 nitrogen and oxygen atoms in total. The summed E-state index contributed by atoms with van der Waals surface area (Å²) in [6.07, 6.45) is 2.94. The van der Waals surface area contributed by atoms with E-state index in [0.29, 0.717) is 13.0 Å². The van der Waals surface area contributed by atoms with Gasteiger partial charge in [-0.2, -0.15) is 5.10 Å². The molecule has 1 aromatic carbocycles. The molecule has 0 spiro atoms. The molecule has 0 bridgehead atoms. The van der Waals surface area contributed by atoms with Gasteiger partial charge in [0.1, 0.15) is 5.92 Å². The van der Waals surface area contributed by atoms with Crippen LogP contribution in [0.4, 0.5) is 0 Å². The summed E-state index contributed by atoms with van der Waals surface area (Å²) >= 11 is 3.35. The van der Waals surface area contributed by atoms with Gasteiger partial charge in [0.25, 0.3) is 5.91 Å². The molecule has 1 fully saturated rings. The third-order valence-corrected chi connectivity index (χ3v) is 3.33. The Morgan fingerprint density at radius 3 is 3.11 bits per heavy atom. The fourth-order valence-electron chi connectivity index (χ4n) is 1.86. The lowest BCUT2D eigenvalue weighted by Crippen LogP contribution is -2.43. The van der Waals surface area contributed by atoms with Crippen LogP contribution in [0.15, 0.2) is 33.8 Å². The zero-order valence-corrected chi connectivity index (χ0v) is 11.8. The fourth-order valence-corrected chi connectivity index (χ4v) is 2.27. The summed E-state index contributed by atoms with van der Waals surface area (Å²) in [5.41, 5.74) is 3.27. The lowest BCUT2D eigenvalue weighted by Gasteiger charge is -2.19. The maximum atomic E-state index is 11.8. The molecule has 2 rings (SSSR count). The first-order valence-electron chi connectivity index (χ1n) is 6.03. The van der Waals surface area contributed by atoms with Crippen LogP contribution in [0.3, 0.4) is 0 Å². The number of carbonyl (C=O) groups excluding carboxylic acids is 2. The topological polar surface area (TPSA) is 70.6 Å². The molecule has 0 radical (unpaired) electrons. The summed E-state index contributed by atoms with van der Waals surface area (Å²) in [5, 5.41) is 6.54. The molecular formula is C13H14BrN3O2. The molecule has 1 aliphatic rings. The summed E-state index contributed by atoms with van der Waals surface area (Å²) in [4.78, 5) is 23.3. The number of nitrogens with zero attached hydrogens (tertiary/aromatic N) is 1. The number of nitrogens with one attached hydrogen (secondary N) is 2. The van der Waals surface area contributed by atoms with Gasteiger partial charge in [0.2, 0.25) is 5.91 Å². The van der Waals surface area contributed by atoms with Crippen LogP contribution in [-0.4, -0.2) is 24.6 Å². The number of carbonyl (C=O) groups is 2. The van der Waals surface area contributed by atoms with Crippen LogP contribution in [0.25, 0.3) is 0 Å². The van der Waals surface area contributed by atoms with Gasteiger partial charge in [-0.15, -0.1) is 0 Å². The molecule has 1 saturated heterocycles. The minimum atomic E-state index is -0.631. The zero-order valence-electron chi connectivity index (χ0n) is 10.2. The van der Waals surface area contributed by atoms with Gasteiger partial charge in [0.05, 0.1) is 6.21 Å². The standard InChI is InChI=1S/C13H14BrN3O2/c14-10-4-1-3-9(7-10)8-16-17-13(19)11-5-2-6-15-12(11)18/h1,3-4,7-8,11H,2,5-6H2,(H,15,18)(H,17,19)/b16-8+. The molecule has 100 valence electrons. The van der Waals surface area contributed by atoms with Crippen LogP contribution < -0.4 is 10.7 Å². The highest BCUT2D eigenvalue weighted by Crippen LogP contribution is 2.11. The first-order chi connectivity index (χ1) is 9.16. The van der Waals surface area contributed by atoms with Gasteiger partial charge in [-0.25, -0.2) is 5.43 Å². The number of piperidine rings is 1. The molecule has 1 atom stereocenters. The van der Waals surface area contributed by atoms with E-state index in [4.69, 9.17) is 0 Å². The summed E-state index contributed by atoms with van der Waals surface area (Å²) in [6, 6.07) is 7.53. The van der Waals surface area contributed by atoms with E-state index in [1.165, 1.54) is 0 Å². The van der Waals surface area contributed by atoms with E-state index in [-0.39, 0.29) is 11.8 Å². The van der Waals surface area contributed by atoms with Crippen LogP contribution in [-0.2, 0) is 9.59 Å². The molecule has 2 amide bonds. The van der Waals surface area contributed by atoms with Crippen molar-refractivity contribution in [3.8, 4) is 0 Å². The minimum Gasteiger partial charge on any atom is -0.355 e. The average Bonchev–Trinajstić information content (AvgIpc) is 2.39. The minimum absolute atomic E-state index is 0.221. The van der Waals surface area contributed by atoms with Crippen molar-refractivity contribution < 1.29 is 9.59 Å². The maximum absolute atomic E-state index is 11.8. The monoisotopic (exact) mass is 323 g/mol. The predicted octanol–water partition coefficient (Wildman–Crippen LogP) is 1.43. The SMILES string of the molecule is O=C1NCCCC1C(=O)N/N=C/c1cccc(Br)c1. The van der Waals surface area contributed by atoms with Gasteiger partial charge >= 0.3 is 0 Å². The van der Waals surface area contributed by atoms with Crippen LogP contribution in [0.1, 0.15) is 18.4 Å². The summed E-state index contributed by atoms with van der Waals surface area (Å²) in [5.74, 6) is -1.21. The maximum Gasteiger partial charge on any atom is 0.252 e. The van der Waals surface area contributed by atoms with Crippen LogP contribution in [0.2, 0.25) is 0 Å². The van der Waals surface area contributed by atoms with E-state index in [0.717, 1.165) is 16.5 Å². The first-order valence-corrected chi connectivity index (χ1v) is 6.82. The van der Waals surface area contributed by atoms with Crippen LogP contribution >= 0.6 is 15.9 Å². The second kappa shape index (κ2) is 6.47. The molecule has 1 aliphatic heterocycles. The lowest BCUT2D eigenvalue weighted by atomic mass is 9.98.